The molecule has 1 fully saturated rings. The number of hydrogen-bond acceptors (Lipinski definition) is 10. The van der Waals surface area contributed by atoms with E-state index in [0.29, 0.717) is 12.8 Å². The number of aliphatic hydroxyl groups excluding tert-OH is 4. The molecule has 0 aromatic rings. The average Bonchev–Trinajstić information content (AvgIpc) is 3.20. The Balaban J connectivity index is 2.42. The van der Waals surface area contributed by atoms with Crippen LogP contribution in [0.4, 0.5) is 0 Å². The lowest BCUT2D eigenvalue weighted by molar-refractivity contribution is -0.298. The maximum absolute atomic E-state index is 13.0. The molecule has 0 aliphatic carbocycles. The second-order valence-electron chi connectivity index (χ2n) is 17.0. The maximum Gasteiger partial charge on any atom is 0.397 e. The van der Waals surface area contributed by atoms with E-state index in [-0.39, 0.29) is 18.9 Å². The molecule has 0 saturated carbocycles. The van der Waals surface area contributed by atoms with E-state index in [1.165, 1.54) is 122 Å². The van der Waals surface area contributed by atoms with Crippen molar-refractivity contribution in [1.29, 1.82) is 0 Å². The first-order valence-electron chi connectivity index (χ1n) is 24.1. The number of carbonyl (C=O) groups is 1. The van der Waals surface area contributed by atoms with Crippen molar-refractivity contribution in [3.63, 3.8) is 0 Å². The number of ether oxygens (including phenoxy) is 2. The zero-order valence-electron chi connectivity index (χ0n) is 37.3. The zero-order chi connectivity index (χ0) is 43.4. The van der Waals surface area contributed by atoms with E-state index < -0.39 is 59.9 Å². The van der Waals surface area contributed by atoms with Gasteiger partial charge in [0.15, 0.2) is 6.29 Å². The number of nitrogens with one attached hydrogen (secondary N) is 1. The molecule has 13 heteroatoms. The van der Waals surface area contributed by atoms with E-state index in [1.807, 2.05) is 0 Å². The van der Waals surface area contributed by atoms with E-state index in [4.69, 9.17) is 9.47 Å². The Hall–Kier alpha value is -1.16. The molecule has 7 unspecified atom stereocenters. The Morgan fingerprint density at radius 3 is 1.58 bits per heavy atom. The quantitative estimate of drug-likeness (QED) is 0.0195. The van der Waals surface area contributed by atoms with Gasteiger partial charge in [0.25, 0.3) is 0 Å². The summed E-state index contributed by atoms with van der Waals surface area (Å²) in [6, 6.07) is -0.858. The molecule has 7 atom stereocenters. The van der Waals surface area contributed by atoms with Crippen LogP contribution in [-0.2, 0) is 28.9 Å². The standard InChI is InChI=1S/C46H89NO11S/c1-3-5-7-9-11-13-15-16-17-18-19-20-21-22-23-24-26-27-29-31-33-35-40(49)39(47-42(50)36-34-32-30-28-25-14-12-10-8-6-4-2)38-56-46-44(52)45(58-59(53,54)55)43(51)41(37-48)57-46/h10,12,39-41,43-46,48-49,51-52H,3-9,11,13-38H2,1-2H3,(H,47,50)(H,53,54,55)/b12-10-. The highest BCUT2D eigenvalue weighted by atomic mass is 32.3. The number of aliphatic hydroxyl groups is 4. The lowest BCUT2D eigenvalue weighted by atomic mass is 9.99. The first-order chi connectivity index (χ1) is 28.5. The van der Waals surface area contributed by atoms with Gasteiger partial charge in [-0.1, -0.05) is 193 Å². The molecule has 0 bridgehead atoms. The molecule has 0 spiro atoms. The molecule has 350 valence electrons. The van der Waals surface area contributed by atoms with Crippen molar-refractivity contribution in [2.45, 2.75) is 262 Å². The minimum absolute atomic E-state index is 0.239. The number of allylic oxidation sites excluding steroid dienone is 2. The van der Waals surface area contributed by atoms with Gasteiger partial charge in [0, 0.05) is 6.42 Å². The third-order valence-corrected chi connectivity index (χ3v) is 12.0. The summed E-state index contributed by atoms with van der Waals surface area (Å²) in [7, 11) is -5.07. The second kappa shape index (κ2) is 37.4. The van der Waals surface area contributed by atoms with Crippen molar-refractivity contribution in [2.75, 3.05) is 13.2 Å². The van der Waals surface area contributed by atoms with Gasteiger partial charge in [-0.2, -0.15) is 8.42 Å². The highest BCUT2D eigenvalue weighted by Crippen LogP contribution is 2.26. The smallest absolute Gasteiger partial charge is 0.394 e. The molecule has 0 aromatic heterocycles. The first-order valence-corrected chi connectivity index (χ1v) is 25.4. The van der Waals surface area contributed by atoms with Crippen LogP contribution in [0.5, 0.6) is 0 Å². The Kier molecular flexibility index (Phi) is 35.4. The van der Waals surface area contributed by atoms with Crippen LogP contribution in [0.3, 0.4) is 0 Å². The largest absolute Gasteiger partial charge is 0.397 e. The van der Waals surface area contributed by atoms with Crippen LogP contribution >= 0.6 is 0 Å². The summed E-state index contributed by atoms with van der Waals surface area (Å²) >= 11 is 0. The number of rotatable bonds is 41. The summed E-state index contributed by atoms with van der Waals surface area (Å²) in [5.74, 6) is -0.239. The maximum atomic E-state index is 13.0. The van der Waals surface area contributed by atoms with E-state index in [0.717, 1.165) is 64.2 Å². The van der Waals surface area contributed by atoms with Crippen LogP contribution < -0.4 is 5.32 Å². The molecule has 0 aromatic carbocycles. The van der Waals surface area contributed by atoms with Crippen LogP contribution in [0.1, 0.15) is 219 Å². The number of carbonyl (C=O) groups excluding carboxylic acids is 1. The molecule has 6 N–H and O–H groups in total. The highest BCUT2D eigenvalue weighted by molar-refractivity contribution is 7.80. The van der Waals surface area contributed by atoms with E-state index in [2.05, 4.69) is 35.5 Å². The minimum atomic E-state index is -5.07. The van der Waals surface area contributed by atoms with E-state index in [9.17, 15) is 38.2 Å². The summed E-state index contributed by atoms with van der Waals surface area (Å²) in [4.78, 5) is 13.0. The van der Waals surface area contributed by atoms with Crippen LogP contribution in [0.25, 0.3) is 0 Å². The molecular formula is C46H89NO11S. The van der Waals surface area contributed by atoms with E-state index in [1.54, 1.807) is 0 Å². The molecule has 1 heterocycles. The summed E-state index contributed by atoms with van der Waals surface area (Å²) in [5.41, 5.74) is 0. The van der Waals surface area contributed by atoms with Crippen LogP contribution in [0, 0.1) is 0 Å². The molecule has 12 nitrogen and oxygen atoms in total. The third-order valence-electron chi connectivity index (χ3n) is 11.6. The van der Waals surface area contributed by atoms with Crippen molar-refractivity contribution in [3.8, 4) is 0 Å². The first kappa shape index (κ1) is 55.9. The Labute approximate surface area is 360 Å². The fourth-order valence-corrected chi connectivity index (χ4v) is 8.30. The Morgan fingerprint density at radius 1 is 0.661 bits per heavy atom. The van der Waals surface area contributed by atoms with E-state index >= 15 is 0 Å². The highest BCUT2D eigenvalue weighted by Gasteiger charge is 2.48. The molecular weight excluding hydrogens is 775 g/mol. The van der Waals surface area contributed by atoms with Crippen LogP contribution in [0.2, 0.25) is 0 Å². The van der Waals surface area contributed by atoms with Gasteiger partial charge in [-0.25, -0.2) is 4.18 Å². The topological polar surface area (TPSA) is 192 Å². The van der Waals surface area contributed by atoms with Gasteiger partial charge >= 0.3 is 10.4 Å². The van der Waals surface area contributed by atoms with Gasteiger partial charge in [0.2, 0.25) is 5.91 Å². The fraction of sp³-hybridized carbons (Fsp3) is 0.935. The second-order valence-corrected chi connectivity index (χ2v) is 18.1. The van der Waals surface area contributed by atoms with Crippen LogP contribution in [-0.4, -0.2) is 95.4 Å². The van der Waals surface area contributed by atoms with Gasteiger partial charge in [-0.15, -0.1) is 0 Å². The molecule has 1 aliphatic heterocycles. The average molecular weight is 864 g/mol. The predicted octanol–water partition coefficient (Wildman–Crippen LogP) is 9.55. The summed E-state index contributed by atoms with van der Waals surface area (Å²) in [6.07, 6.45) is 32.2. The Bertz CT molecular complexity index is 1110. The van der Waals surface area contributed by atoms with Crippen molar-refractivity contribution >= 4 is 16.3 Å². The number of hydrogen-bond donors (Lipinski definition) is 6. The normalized spacial score (nSPS) is 21.0. The van der Waals surface area contributed by atoms with Crippen molar-refractivity contribution in [2.24, 2.45) is 0 Å². The SMILES string of the molecule is CCCC/C=C\CCCCCCCC(=O)NC(COC1OC(CO)C(O)C(OS(=O)(=O)O)C1O)C(O)CCCCCCCCCCCCCCCCCCCCCCC. The van der Waals surface area contributed by atoms with Crippen molar-refractivity contribution < 1.29 is 51.8 Å². The lowest BCUT2D eigenvalue weighted by Crippen LogP contribution is -2.61. The van der Waals surface area contributed by atoms with Gasteiger partial charge in [-0.3, -0.25) is 9.35 Å². The molecule has 1 saturated heterocycles. The van der Waals surface area contributed by atoms with Crippen molar-refractivity contribution in [1.82, 2.24) is 5.32 Å². The zero-order valence-corrected chi connectivity index (χ0v) is 38.1. The minimum Gasteiger partial charge on any atom is -0.394 e. The van der Waals surface area contributed by atoms with Gasteiger partial charge in [0.1, 0.15) is 24.4 Å². The summed E-state index contributed by atoms with van der Waals surface area (Å²) < 4.78 is 47.6. The monoisotopic (exact) mass is 864 g/mol. The number of amides is 1. The molecule has 1 aliphatic rings. The van der Waals surface area contributed by atoms with Gasteiger partial charge in [-0.05, 0) is 32.1 Å². The molecule has 59 heavy (non-hydrogen) atoms. The summed E-state index contributed by atoms with van der Waals surface area (Å²) in [5, 5.41) is 44.8. The summed E-state index contributed by atoms with van der Waals surface area (Å²) in [6.45, 7) is 3.41. The van der Waals surface area contributed by atoms with Crippen LogP contribution in [0.15, 0.2) is 12.2 Å². The number of unbranched alkanes of at least 4 members (excludes halogenated alkanes) is 27. The molecule has 1 amide bonds. The fourth-order valence-electron chi connectivity index (χ4n) is 7.79. The molecule has 0 radical (unpaired) electrons. The predicted molar refractivity (Wildman–Crippen MR) is 236 cm³/mol. The third kappa shape index (κ3) is 30.5. The molecule has 1 rings (SSSR count). The van der Waals surface area contributed by atoms with Gasteiger partial charge in [0.05, 0.1) is 25.4 Å². The Morgan fingerprint density at radius 2 is 1.10 bits per heavy atom. The van der Waals surface area contributed by atoms with Crippen molar-refractivity contribution in [3.05, 3.63) is 12.2 Å². The lowest BCUT2D eigenvalue weighted by Gasteiger charge is -2.41. The van der Waals surface area contributed by atoms with Gasteiger partial charge < -0.3 is 35.2 Å².